The summed E-state index contributed by atoms with van der Waals surface area (Å²) in [5.41, 5.74) is 3.82. The maximum atomic E-state index is 13.4. The second-order valence-corrected chi connectivity index (χ2v) is 9.73. The molecule has 1 amide bonds. The Labute approximate surface area is 191 Å². The standard InChI is InChI=1S/C24H24N4O4S/c1-16-3-8-19(9-4-16)28(33(31,32)20-10-5-17(2)6-11-20)14-13-23(29)25-18-7-12-21-22(15-18)27-24(30)26-21/h3-12,15H,13-14H2,1-2H3,(H,25,29)(H2,26,27,30). The molecule has 4 aromatic rings. The molecule has 0 aliphatic carbocycles. The lowest BCUT2D eigenvalue weighted by molar-refractivity contribution is -0.116. The van der Waals surface area contributed by atoms with Crippen LogP contribution in [0.15, 0.2) is 76.4 Å². The Kier molecular flexibility index (Phi) is 6.06. The summed E-state index contributed by atoms with van der Waals surface area (Å²) in [5.74, 6) is -0.344. The molecule has 0 unspecified atom stereocenters. The highest BCUT2D eigenvalue weighted by molar-refractivity contribution is 7.92. The molecule has 4 rings (SSSR count). The molecule has 0 saturated heterocycles. The molecular formula is C24H24N4O4S. The van der Waals surface area contributed by atoms with Crippen LogP contribution < -0.4 is 15.3 Å². The molecule has 0 spiro atoms. The van der Waals surface area contributed by atoms with Gasteiger partial charge in [0.15, 0.2) is 0 Å². The molecule has 9 heteroatoms. The van der Waals surface area contributed by atoms with E-state index in [2.05, 4.69) is 15.3 Å². The summed E-state index contributed by atoms with van der Waals surface area (Å²) < 4.78 is 28.1. The van der Waals surface area contributed by atoms with Crippen molar-refractivity contribution in [2.24, 2.45) is 0 Å². The quantitative estimate of drug-likeness (QED) is 0.387. The van der Waals surface area contributed by atoms with Crippen LogP contribution in [-0.2, 0) is 14.8 Å². The minimum absolute atomic E-state index is 0.0334. The maximum Gasteiger partial charge on any atom is 0.323 e. The number of hydrogen-bond donors (Lipinski definition) is 3. The molecule has 0 atom stereocenters. The van der Waals surface area contributed by atoms with Crippen molar-refractivity contribution in [1.82, 2.24) is 9.97 Å². The van der Waals surface area contributed by atoms with Crippen LogP contribution in [0.4, 0.5) is 11.4 Å². The van der Waals surface area contributed by atoms with Gasteiger partial charge < -0.3 is 15.3 Å². The van der Waals surface area contributed by atoms with Crippen LogP contribution in [0.25, 0.3) is 11.0 Å². The number of fused-ring (bicyclic) bond motifs is 1. The summed E-state index contributed by atoms with van der Waals surface area (Å²) >= 11 is 0. The van der Waals surface area contributed by atoms with Crippen LogP contribution in [0.1, 0.15) is 17.5 Å². The van der Waals surface area contributed by atoms with Gasteiger partial charge in [-0.2, -0.15) is 0 Å². The molecule has 8 nitrogen and oxygen atoms in total. The Morgan fingerprint density at radius 2 is 1.48 bits per heavy atom. The van der Waals surface area contributed by atoms with Crippen molar-refractivity contribution in [1.29, 1.82) is 0 Å². The summed E-state index contributed by atoms with van der Waals surface area (Å²) in [6.45, 7) is 3.78. The fourth-order valence-electron chi connectivity index (χ4n) is 3.47. The van der Waals surface area contributed by atoms with Crippen molar-refractivity contribution in [3.63, 3.8) is 0 Å². The number of rotatable bonds is 7. The van der Waals surface area contributed by atoms with E-state index in [1.165, 1.54) is 4.31 Å². The van der Waals surface area contributed by atoms with Gasteiger partial charge in [0.1, 0.15) is 0 Å². The first-order valence-corrected chi connectivity index (χ1v) is 11.8. The van der Waals surface area contributed by atoms with E-state index in [4.69, 9.17) is 0 Å². The highest BCUT2D eigenvalue weighted by atomic mass is 32.2. The fraction of sp³-hybridized carbons (Fsp3) is 0.167. The van der Waals surface area contributed by atoms with Crippen molar-refractivity contribution in [2.45, 2.75) is 25.2 Å². The molecule has 0 saturated carbocycles. The van der Waals surface area contributed by atoms with Gasteiger partial charge in [-0.05, 0) is 56.3 Å². The molecule has 0 bridgehead atoms. The van der Waals surface area contributed by atoms with Crippen molar-refractivity contribution in [3.05, 3.63) is 88.3 Å². The third-order valence-corrected chi connectivity index (χ3v) is 7.11. The number of imidazole rings is 1. The molecule has 0 aliphatic heterocycles. The minimum Gasteiger partial charge on any atom is -0.326 e. The molecule has 0 fully saturated rings. The molecule has 1 aromatic heterocycles. The third kappa shape index (κ3) is 4.98. The molecular weight excluding hydrogens is 440 g/mol. The van der Waals surface area contributed by atoms with Gasteiger partial charge in [-0.3, -0.25) is 9.10 Å². The second kappa shape index (κ2) is 8.95. The zero-order valence-corrected chi connectivity index (χ0v) is 19.1. The fourth-order valence-corrected chi connectivity index (χ4v) is 4.94. The van der Waals surface area contributed by atoms with E-state index in [0.29, 0.717) is 22.4 Å². The molecule has 0 aliphatic rings. The number of aromatic amines is 2. The summed E-state index contributed by atoms with van der Waals surface area (Å²) in [6, 6.07) is 18.8. The van der Waals surface area contributed by atoms with E-state index in [0.717, 1.165) is 11.1 Å². The summed E-state index contributed by atoms with van der Waals surface area (Å²) in [6.07, 6.45) is -0.0549. The SMILES string of the molecule is Cc1ccc(N(CCC(=O)Nc2ccc3[nH]c(=O)[nH]c3c2)S(=O)(=O)c2ccc(C)cc2)cc1. The smallest absolute Gasteiger partial charge is 0.323 e. The summed E-state index contributed by atoms with van der Waals surface area (Å²) in [7, 11) is -3.87. The number of hydrogen-bond acceptors (Lipinski definition) is 4. The Bertz CT molecular complexity index is 1450. The van der Waals surface area contributed by atoms with Crippen LogP contribution in [0, 0.1) is 13.8 Å². The van der Waals surface area contributed by atoms with Crippen LogP contribution in [0.3, 0.4) is 0 Å². The zero-order valence-electron chi connectivity index (χ0n) is 18.3. The van der Waals surface area contributed by atoms with Gasteiger partial charge in [-0.15, -0.1) is 0 Å². The van der Waals surface area contributed by atoms with Crippen molar-refractivity contribution < 1.29 is 13.2 Å². The number of carbonyl (C=O) groups is 1. The van der Waals surface area contributed by atoms with E-state index in [1.54, 1.807) is 54.6 Å². The first-order valence-electron chi connectivity index (χ1n) is 10.4. The number of anilines is 2. The van der Waals surface area contributed by atoms with Gasteiger partial charge in [-0.25, -0.2) is 13.2 Å². The Morgan fingerprint density at radius 3 is 2.15 bits per heavy atom. The van der Waals surface area contributed by atoms with E-state index >= 15 is 0 Å². The Balaban J connectivity index is 1.55. The summed E-state index contributed by atoms with van der Waals surface area (Å²) in [5, 5.41) is 2.76. The molecule has 170 valence electrons. The lowest BCUT2D eigenvalue weighted by Crippen LogP contribution is -2.34. The van der Waals surface area contributed by atoms with Crippen molar-refractivity contribution >= 4 is 38.3 Å². The highest BCUT2D eigenvalue weighted by Gasteiger charge is 2.25. The third-order valence-electron chi connectivity index (χ3n) is 5.27. The first-order chi connectivity index (χ1) is 15.7. The number of aromatic nitrogens is 2. The number of amides is 1. The predicted octanol–water partition coefficient (Wildman–Crippen LogP) is 3.70. The van der Waals surface area contributed by atoms with Gasteiger partial charge in [0.2, 0.25) is 5.91 Å². The molecule has 33 heavy (non-hydrogen) atoms. The van der Waals surface area contributed by atoms with Gasteiger partial charge in [-0.1, -0.05) is 35.4 Å². The van der Waals surface area contributed by atoms with E-state index in [1.807, 2.05) is 26.0 Å². The van der Waals surface area contributed by atoms with E-state index < -0.39 is 10.0 Å². The van der Waals surface area contributed by atoms with Crippen LogP contribution in [0.2, 0.25) is 0 Å². The van der Waals surface area contributed by atoms with Crippen LogP contribution in [0.5, 0.6) is 0 Å². The molecule has 0 radical (unpaired) electrons. The number of aryl methyl sites for hydroxylation is 2. The van der Waals surface area contributed by atoms with Crippen molar-refractivity contribution in [2.75, 3.05) is 16.2 Å². The van der Waals surface area contributed by atoms with Crippen LogP contribution >= 0.6 is 0 Å². The molecule has 3 aromatic carbocycles. The lowest BCUT2D eigenvalue weighted by atomic mass is 10.2. The number of H-pyrrole nitrogens is 2. The van der Waals surface area contributed by atoms with Gasteiger partial charge in [0.25, 0.3) is 10.0 Å². The average molecular weight is 465 g/mol. The summed E-state index contributed by atoms with van der Waals surface area (Å²) in [4.78, 5) is 29.5. The normalized spacial score (nSPS) is 11.5. The van der Waals surface area contributed by atoms with E-state index in [9.17, 15) is 18.0 Å². The van der Waals surface area contributed by atoms with Gasteiger partial charge >= 0.3 is 5.69 Å². The Morgan fingerprint density at radius 1 is 0.879 bits per heavy atom. The zero-order chi connectivity index (χ0) is 23.6. The highest BCUT2D eigenvalue weighted by Crippen LogP contribution is 2.25. The van der Waals surface area contributed by atoms with Crippen LogP contribution in [-0.4, -0.2) is 30.8 Å². The minimum atomic E-state index is -3.87. The second-order valence-electron chi connectivity index (χ2n) is 7.86. The first kappa shape index (κ1) is 22.3. The van der Waals surface area contributed by atoms with Gasteiger partial charge in [0, 0.05) is 18.7 Å². The Hall–Kier alpha value is -3.85. The predicted molar refractivity (Wildman–Crippen MR) is 129 cm³/mol. The van der Waals surface area contributed by atoms with Crippen molar-refractivity contribution in [3.8, 4) is 0 Å². The largest absolute Gasteiger partial charge is 0.326 e. The number of sulfonamides is 1. The molecule has 1 heterocycles. The lowest BCUT2D eigenvalue weighted by Gasteiger charge is -2.24. The number of nitrogens with zero attached hydrogens (tertiary/aromatic N) is 1. The molecule has 3 N–H and O–H groups in total. The van der Waals surface area contributed by atoms with E-state index in [-0.39, 0.29) is 29.5 Å². The average Bonchev–Trinajstić information content (AvgIpc) is 3.14. The maximum absolute atomic E-state index is 13.4. The number of nitrogens with one attached hydrogen (secondary N) is 3. The van der Waals surface area contributed by atoms with Gasteiger partial charge in [0.05, 0.1) is 21.6 Å². The topological polar surface area (TPSA) is 115 Å². The number of benzene rings is 3. The number of carbonyl (C=O) groups excluding carboxylic acids is 1. The monoisotopic (exact) mass is 464 g/mol.